The first-order valence-corrected chi connectivity index (χ1v) is 5.92. The minimum atomic E-state index is -4.22. The Morgan fingerprint density at radius 2 is 1.72 bits per heavy atom. The Morgan fingerprint density at radius 1 is 1.17 bits per heavy atom. The van der Waals surface area contributed by atoms with E-state index >= 15 is 0 Å². The largest absolute Gasteiger partial charge is 0.401 e. The highest BCUT2D eigenvalue weighted by molar-refractivity contribution is 5.19. The van der Waals surface area contributed by atoms with Crippen molar-refractivity contribution in [2.75, 3.05) is 13.1 Å². The quantitative estimate of drug-likeness (QED) is 0.882. The summed E-state index contributed by atoms with van der Waals surface area (Å²) in [5.74, 6) is 0. The van der Waals surface area contributed by atoms with E-state index in [1.165, 1.54) is 4.90 Å². The molecule has 0 saturated heterocycles. The maximum Gasteiger partial charge on any atom is 0.401 e. The number of hydrogen-bond acceptors (Lipinski definition) is 2. The van der Waals surface area contributed by atoms with Crippen molar-refractivity contribution in [1.29, 1.82) is 0 Å². The van der Waals surface area contributed by atoms with Crippen molar-refractivity contribution in [3.05, 3.63) is 35.9 Å². The highest BCUT2D eigenvalue weighted by Gasteiger charge is 2.35. The minimum Gasteiger partial charge on any atom is -0.329 e. The third-order valence-corrected chi connectivity index (χ3v) is 2.83. The van der Waals surface area contributed by atoms with Gasteiger partial charge >= 0.3 is 6.18 Å². The Hall–Kier alpha value is -1.07. The molecule has 1 aromatic rings. The number of nitrogens with zero attached hydrogens (tertiary/aromatic N) is 1. The van der Waals surface area contributed by atoms with E-state index in [0.717, 1.165) is 5.56 Å². The molecule has 2 N–H and O–H groups in total. The zero-order chi connectivity index (χ0) is 13.8. The van der Waals surface area contributed by atoms with Gasteiger partial charge in [-0.2, -0.15) is 13.2 Å². The van der Waals surface area contributed by atoms with Crippen LogP contribution in [0.4, 0.5) is 13.2 Å². The van der Waals surface area contributed by atoms with Gasteiger partial charge in [-0.15, -0.1) is 0 Å². The molecule has 2 nitrogen and oxygen atoms in total. The first kappa shape index (κ1) is 15.0. The van der Waals surface area contributed by atoms with Crippen LogP contribution < -0.4 is 5.73 Å². The van der Waals surface area contributed by atoms with Gasteiger partial charge in [0.15, 0.2) is 0 Å². The van der Waals surface area contributed by atoms with Crippen molar-refractivity contribution in [2.45, 2.75) is 32.1 Å². The molecule has 0 amide bonds. The zero-order valence-corrected chi connectivity index (χ0v) is 10.6. The molecule has 1 aromatic carbocycles. The van der Waals surface area contributed by atoms with Crippen LogP contribution in [-0.2, 0) is 0 Å². The second kappa shape index (κ2) is 6.20. The SMILES string of the molecule is CC(C)N(CC(F)(F)F)C(CN)c1ccccc1. The third kappa shape index (κ3) is 4.31. The van der Waals surface area contributed by atoms with Gasteiger partial charge in [-0.05, 0) is 19.4 Å². The van der Waals surface area contributed by atoms with Gasteiger partial charge < -0.3 is 5.73 Å². The van der Waals surface area contributed by atoms with E-state index in [4.69, 9.17) is 5.73 Å². The molecule has 0 radical (unpaired) electrons. The Balaban J connectivity index is 2.95. The Bertz CT molecular complexity index is 349. The predicted octanol–water partition coefficient (Wildman–Crippen LogP) is 2.96. The van der Waals surface area contributed by atoms with E-state index in [2.05, 4.69) is 0 Å². The lowest BCUT2D eigenvalue weighted by molar-refractivity contribution is -0.155. The first-order chi connectivity index (χ1) is 8.35. The van der Waals surface area contributed by atoms with Gasteiger partial charge in [0.05, 0.1) is 6.54 Å². The lowest BCUT2D eigenvalue weighted by Crippen LogP contribution is -2.44. The van der Waals surface area contributed by atoms with E-state index in [1.54, 1.807) is 13.8 Å². The summed E-state index contributed by atoms with van der Waals surface area (Å²) < 4.78 is 37.8. The summed E-state index contributed by atoms with van der Waals surface area (Å²) in [6, 6.07) is 8.44. The highest BCUT2D eigenvalue weighted by Crippen LogP contribution is 2.26. The lowest BCUT2D eigenvalue weighted by atomic mass is 10.0. The number of benzene rings is 1. The molecule has 1 unspecified atom stereocenters. The van der Waals surface area contributed by atoms with Crippen LogP contribution in [0.1, 0.15) is 25.5 Å². The van der Waals surface area contributed by atoms with Crippen molar-refractivity contribution in [3.63, 3.8) is 0 Å². The summed E-state index contributed by atoms with van der Waals surface area (Å²) >= 11 is 0. The molecule has 5 heteroatoms. The highest BCUT2D eigenvalue weighted by atomic mass is 19.4. The number of rotatable bonds is 5. The van der Waals surface area contributed by atoms with E-state index < -0.39 is 18.8 Å². The van der Waals surface area contributed by atoms with Gasteiger partial charge in [0.2, 0.25) is 0 Å². The van der Waals surface area contributed by atoms with Crippen LogP contribution in [0.25, 0.3) is 0 Å². The van der Waals surface area contributed by atoms with Gasteiger partial charge in [-0.25, -0.2) is 0 Å². The molecule has 0 aliphatic carbocycles. The molecule has 0 aliphatic rings. The van der Waals surface area contributed by atoms with Crippen molar-refractivity contribution >= 4 is 0 Å². The molecule has 0 saturated carbocycles. The summed E-state index contributed by atoms with van der Waals surface area (Å²) in [5.41, 5.74) is 6.47. The molecule has 0 fully saturated rings. The molecule has 0 bridgehead atoms. The van der Waals surface area contributed by atoms with E-state index in [1.807, 2.05) is 30.3 Å². The van der Waals surface area contributed by atoms with Crippen molar-refractivity contribution < 1.29 is 13.2 Å². The summed E-state index contributed by atoms with van der Waals surface area (Å²) in [4.78, 5) is 1.38. The summed E-state index contributed by atoms with van der Waals surface area (Å²) in [6.45, 7) is 2.72. The van der Waals surface area contributed by atoms with Crippen molar-refractivity contribution in [1.82, 2.24) is 4.90 Å². The first-order valence-electron chi connectivity index (χ1n) is 5.92. The fourth-order valence-corrected chi connectivity index (χ4v) is 2.00. The predicted molar refractivity (Wildman–Crippen MR) is 66.1 cm³/mol. The Labute approximate surface area is 106 Å². The topological polar surface area (TPSA) is 29.3 Å². The second-order valence-corrected chi connectivity index (χ2v) is 4.54. The van der Waals surface area contributed by atoms with Crippen LogP contribution in [0.5, 0.6) is 0 Å². The van der Waals surface area contributed by atoms with Crippen molar-refractivity contribution in [3.8, 4) is 0 Å². The summed E-state index contributed by atoms with van der Waals surface area (Å²) in [6.07, 6.45) is -4.22. The molecule has 1 rings (SSSR count). The summed E-state index contributed by atoms with van der Waals surface area (Å²) in [5, 5.41) is 0. The lowest BCUT2D eigenvalue weighted by Gasteiger charge is -2.35. The van der Waals surface area contributed by atoms with Crippen LogP contribution >= 0.6 is 0 Å². The van der Waals surface area contributed by atoms with Crippen molar-refractivity contribution in [2.24, 2.45) is 5.73 Å². The minimum absolute atomic E-state index is 0.165. The third-order valence-electron chi connectivity index (χ3n) is 2.83. The van der Waals surface area contributed by atoms with E-state index in [-0.39, 0.29) is 12.6 Å². The van der Waals surface area contributed by atoms with Gasteiger partial charge in [0.1, 0.15) is 0 Å². The van der Waals surface area contributed by atoms with Crippen LogP contribution in [0.15, 0.2) is 30.3 Å². The van der Waals surface area contributed by atoms with Crippen LogP contribution in [0, 0.1) is 0 Å². The molecule has 0 aliphatic heterocycles. The Morgan fingerprint density at radius 3 is 2.11 bits per heavy atom. The van der Waals surface area contributed by atoms with E-state index in [0.29, 0.717) is 0 Å². The number of halogens is 3. The van der Waals surface area contributed by atoms with Gasteiger partial charge in [-0.3, -0.25) is 4.90 Å². The molecule has 1 atom stereocenters. The fraction of sp³-hybridized carbons (Fsp3) is 0.538. The molecule has 102 valence electrons. The van der Waals surface area contributed by atoms with Gasteiger partial charge in [-0.1, -0.05) is 30.3 Å². The van der Waals surface area contributed by atoms with Gasteiger partial charge in [0, 0.05) is 18.6 Å². The van der Waals surface area contributed by atoms with Crippen LogP contribution in [0.2, 0.25) is 0 Å². The molecule has 0 heterocycles. The maximum atomic E-state index is 12.6. The summed E-state index contributed by atoms with van der Waals surface area (Å²) in [7, 11) is 0. The van der Waals surface area contributed by atoms with Crippen LogP contribution in [-0.4, -0.2) is 30.2 Å². The molecular weight excluding hydrogens is 241 g/mol. The normalized spacial score (nSPS) is 14.2. The standard InChI is InChI=1S/C13H19F3N2/c1-10(2)18(9-13(14,15)16)12(8-17)11-6-4-3-5-7-11/h3-7,10,12H,8-9,17H2,1-2H3. The van der Waals surface area contributed by atoms with E-state index in [9.17, 15) is 13.2 Å². The number of hydrogen-bond donors (Lipinski definition) is 1. The molecular formula is C13H19F3N2. The molecule has 0 aromatic heterocycles. The van der Waals surface area contributed by atoms with Gasteiger partial charge in [0.25, 0.3) is 0 Å². The zero-order valence-electron chi connectivity index (χ0n) is 10.6. The maximum absolute atomic E-state index is 12.6. The fourth-order valence-electron chi connectivity index (χ4n) is 2.00. The number of alkyl halides is 3. The second-order valence-electron chi connectivity index (χ2n) is 4.54. The average Bonchev–Trinajstić information content (AvgIpc) is 2.28. The molecule has 18 heavy (non-hydrogen) atoms. The Kier molecular flexibility index (Phi) is 5.16. The smallest absolute Gasteiger partial charge is 0.329 e. The monoisotopic (exact) mass is 260 g/mol. The number of nitrogens with two attached hydrogens (primary N) is 1. The van der Waals surface area contributed by atoms with Crippen LogP contribution in [0.3, 0.4) is 0 Å². The molecule has 0 spiro atoms. The average molecular weight is 260 g/mol.